The van der Waals surface area contributed by atoms with Crippen LogP contribution in [0.4, 0.5) is 5.69 Å². The van der Waals surface area contributed by atoms with Crippen LogP contribution >= 0.6 is 0 Å². The van der Waals surface area contributed by atoms with E-state index in [-0.39, 0.29) is 5.69 Å². The summed E-state index contributed by atoms with van der Waals surface area (Å²) in [5, 5.41) is 14.3. The van der Waals surface area contributed by atoms with Gasteiger partial charge in [0.2, 0.25) is 0 Å². The first-order valence-electron chi connectivity index (χ1n) is 8.77. The number of hydrogen-bond donors (Lipinski definition) is 1. The second-order valence-corrected chi connectivity index (χ2v) is 7.24. The summed E-state index contributed by atoms with van der Waals surface area (Å²) >= 11 is 0. The minimum Gasteiger partial charge on any atom is -0.456 e. The summed E-state index contributed by atoms with van der Waals surface area (Å²) < 4.78 is 10.8. The molecule has 1 aromatic carbocycles. The van der Waals surface area contributed by atoms with Gasteiger partial charge in [-0.2, -0.15) is 0 Å². The van der Waals surface area contributed by atoms with Crippen molar-refractivity contribution in [1.82, 2.24) is 5.32 Å². The lowest BCUT2D eigenvalue weighted by atomic mass is 9.86. The molecule has 0 spiro atoms. The Balaban J connectivity index is 2.37. The number of methoxy groups -OCH3 is 1. The molecule has 0 aliphatic carbocycles. The van der Waals surface area contributed by atoms with E-state index >= 15 is 0 Å². The first-order valence-corrected chi connectivity index (χ1v) is 8.77. The molecule has 1 N–H and O–H groups in total. The van der Waals surface area contributed by atoms with E-state index in [4.69, 9.17) is 9.47 Å². The summed E-state index contributed by atoms with van der Waals surface area (Å²) in [5.74, 6) is -0.863. The monoisotopic (exact) mass is 374 g/mol. The van der Waals surface area contributed by atoms with Crippen LogP contribution in [0.1, 0.15) is 45.6 Å². The Hall–Kier alpha value is -2.67. The Morgan fingerprint density at radius 1 is 1.33 bits per heavy atom. The highest BCUT2D eigenvalue weighted by molar-refractivity contribution is 5.92. The lowest BCUT2D eigenvalue weighted by Gasteiger charge is -2.30. The third kappa shape index (κ3) is 5.17. The number of ether oxygens (including phenoxy) is 2. The standard InChI is InChI=1S/C20H26N2O5/c1-13-11-17(15-7-6-8-16(12-15)22(24)25)18(14(2)21-13)19(23)27-20(3,4)9-10-26-5/h6-8,11-12,17,21H,9-10H2,1-5H3. The molecule has 1 unspecified atom stereocenters. The summed E-state index contributed by atoms with van der Waals surface area (Å²) in [5.41, 5.74) is 1.97. The second kappa shape index (κ2) is 8.35. The van der Waals surface area contributed by atoms with Gasteiger partial charge in [-0.15, -0.1) is 0 Å². The summed E-state index contributed by atoms with van der Waals surface area (Å²) in [7, 11) is 1.60. The number of nitrogens with zero attached hydrogens (tertiary/aromatic N) is 1. The third-order valence-electron chi connectivity index (χ3n) is 4.45. The lowest BCUT2D eigenvalue weighted by Crippen LogP contribution is -2.33. The lowest BCUT2D eigenvalue weighted by molar-refractivity contribution is -0.384. The van der Waals surface area contributed by atoms with Gasteiger partial charge in [0.25, 0.3) is 5.69 Å². The van der Waals surface area contributed by atoms with Crippen molar-refractivity contribution in [3.63, 3.8) is 0 Å². The molecule has 0 saturated carbocycles. The van der Waals surface area contributed by atoms with E-state index in [9.17, 15) is 14.9 Å². The molecule has 2 rings (SSSR count). The van der Waals surface area contributed by atoms with Crippen LogP contribution < -0.4 is 5.32 Å². The van der Waals surface area contributed by atoms with E-state index in [1.165, 1.54) is 12.1 Å². The Morgan fingerprint density at radius 2 is 2.04 bits per heavy atom. The van der Waals surface area contributed by atoms with Crippen LogP contribution in [-0.4, -0.2) is 30.2 Å². The quantitative estimate of drug-likeness (QED) is 0.443. The molecule has 146 valence electrons. The smallest absolute Gasteiger partial charge is 0.337 e. The Bertz CT molecular complexity index is 795. The van der Waals surface area contributed by atoms with Crippen molar-refractivity contribution in [2.24, 2.45) is 0 Å². The number of carbonyl (C=O) groups excluding carboxylic acids is 1. The van der Waals surface area contributed by atoms with Gasteiger partial charge in [0, 0.05) is 49.6 Å². The van der Waals surface area contributed by atoms with Crippen LogP contribution in [0.5, 0.6) is 0 Å². The maximum Gasteiger partial charge on any atom is 0.337 e. The molecule has 1 atom stereocenters. The number of nitro benzene ring substituents is 1. The second-order valence-electron chi connectivity index (χ2n) is 7.24. The summed E-state index contributed by atoms with van der Waals surface area (Å²) in [4.78, 5) is 23.7. The highest BCUT2D eigenvalue weighted by Gasteiger charge is 2.32. The van der Waals surface area contributed by atoms with Gasteiger partial charge in [0.05, 0.1) is 10.5 Å². The van der Waals surface area contributed by atoms with Gasteiger partial charge in [0.1, 0.15) is 5.60 Å². The molecule has 0 fully saturated rings. The zero-order chi connectivity index (χ0) is 20.2. The summed E-state index contributed by atoms with van der Waals surface area (Å²) in [6.45, 7) is 7.83. The van der Waals surface area contributed by atoms with Gasteiger partial charge >= 0.3 is 5.97 Å². The minimum atomic E-state index is -0.691. The van der Waals surface area contributed by atoms with Crippen molar-refractivity contribution in [1.29, 1.82) is 0 Å². The molecule has 0 bridgehead atoms. The molecule has 0 amide bonds. The van der Waals surface area contributed by atoms with Crippen LogP contribution in [-0.2, 0) is 14.3 Å². The fraction of sp³-hybridized carbons (Fsp3) is 0.450. The molecular formula is C20H26N2O5. The van der Waals surface area contributed by atoms with Gasteiger partial charge in [0.15, 0.2) is 0 Å². The molecule has 0 saturated heterocycles. The van der Waals surface area contributed by atoms with Crippen LogP contribution in [0, 0.1) is 10.1 Å². The SMILES string of the molecule is COCCC(C)(C)OC(=O)C1=C(C)NC(C)=CC1c1cccc([N+](=O)[O-])c1. The number of rotatable bonds is 7. The van der Waals surface area contributed by atoms with E-state index in [0.717, 1.165) is 5.70 Å². The fourth-order valence-electron chi connectivity index (χ4n) is 3.05. The van der Waals surface area contributed by atoms with Gasteiger partial charge in [-0.25, -0.2) is 4.79 Å². The number of nitro groups is 1. The number of carbonyl (C=O) groups is 1. The number of esters is 1. The molecule has 1 heterocycles. The maximum absolute atomic E-state index is 13.0. The third-order valence-corrected chi connectivity index (χ3v) is 4.45. The molecule has 0 aromatic heterocycles. The topological polar surface area (TPSA) is 90.7 Å². The number of dihydropyridines is 1. The maximum atomic E-state index is 13.0. The first-order chi connectivity index (χ1) is 12.6. The van der Waals surface area contributed by atoms with Crippen molar-refractivity contribution < 1.29 is 19.2 Å². The van der Waals surface area contributed by atoms with E-state index in [1.54, 1.807) is 26.2 Å². The largest absolute Gasteiger partial charge is 0.456 e. The van der Waals surface area contributed by atoms with E-state index < -0.39 is 22.4 Å². The Labute approximate surface area is 159 Å². The summed E-state index contributed by atoms with van der Waals surface area (Å²) in [6, 6.07) is 6.34. The van der Waals surface area contributed by atoms with Crippen molar-refractivity contribution in [2.45, 2.75) is 45.6 Å². The zero-order valence-corrected chi connectivity index (χ0v) is 16.4. The van der Waals surface area contributed by atoms with Crippen LogP contribution in [0.15, 0.2) is 47.3 Å². The van der Waals surface area contributed by atoms with Gasteiger partial charge in [-0.3, -0.25) is 10.1 Å². The average molecular weight is 374 g/mol. The van der Waals surface area contributed by atoms with E-state index in [1.807, 2.05) is 26.8 Å². The van der Waals surface area contributed by atoms with Crippen molar-refractivity contribution in [3.05, 3.63) is 63.0 Å². The molecule has 7 heteroatoms. The average Bonchev–Trinajstić information content (AvgIpc) is 2.58. The highest BCUT2D eigenvalue weighted by Crippen LogP contribution is 2.35. The fourth-order valence-corrected chi connectivity index (χ4v) is 3.05. The normalized spacial score (nSPS) is 17.2. The number of benzene rings is 1. The van der Waals surface area contributed by atoms with Crippen molar-refractivity contribution >= 4 is 11.7 Å². The van der Waals surface area contributed by atoms with Gasteiger partial charge < -0.3 is 14.8 Å². The Morgan fingerprint density at radius 3 is 2.67 bits per heavy atom. The predicted molar refractivity (Wildman–Crippen MR) is 102 cm³/mol. The number of non-ortho nitro benzene ring substituents is 1. The molecular weight excluding hydrogens is 348 g/mol. The van der Waals surface area contributed by atoms with Gasteiger partial charge in [-0.05, 0) is 33.3 Å². The van der Waals surface area contributed by atoms with Gasteiger partial charge in [-0.1, -0.05) is 18.2 Å². The predicted octanol–water partition coefficient (Wildman–Crippen LogP) is 3.82. The highest BCUT2D eigenvalue weighted by atomic mass is 16.6. The zero-order valence-electron chi connectivity index (χ0n) is 16.4. The molecule has 0 radical (unpaired) electrons. The van der Waals surface area contributed by atoms with Crippen molar-refractivity contribution in [3.8, 4) is 0 Å². The minimum absolute atomic E-state index is 0.0112. The molecule has 1 aromatic rings. The number of nitrogens with one attached hydrogen (secondary N) is 1. The van der Waals surface area contributed by atoms with Crippen LogP contribution in [0.25, 0.3) is 0 Å². The van der Waals surface area contributed by atoms with Crippen molar-refractivity contribution in [2.75, 3.05) is 13.7 Å². The molecule has 1 aliphatic rings. The molecule has 7 nitrogen and oxygen atoms in total. The first kappa shape index (κ1) is 20.6. The molecule has 27 heavy (non-hydrogen) atoms. The van der Waals surface area contributed by atoms with Crippen LogP contribution in [0.3, 0.4) is 0 Å². The number of allylic oxidation sites excluding steroid dienone is 3. The molecule has 1 aliphatic heterocycles. The Kier molecular flexibility index (Phi) is 6.38. The number of hydrogen-bond acceptors (Lipinski definition) is 6. The van der Waals surface area contributed by atoms with E-state index in [0.29, 0.717) is 29.9 Å². The van der Waals surface area contributed by atoms with E-state index in [2.05, 4.69) is 5.32 Å². The van der Waals surface area contributed by atoms with Crippen LogP contribution in [0.2, 0.25) is 0 Å². The summed E-state index contributed by atoms with van der Waals surface area (Å²) in [6.07, 6.45) is 2.44.